The van der Waals surface area contributed by atoms with Crippen molar-refractivity contribution < 1.29 is 14.0 Å². The Bertz CT molecular complexity index is 467. The van der Waals surface area contributed by atoms with Gasteiger partial charge in [-0.2, -0.15) is 0 Å². The number of carbonyl (C=O) groups excluding carboxylic acids is 1. The van der Waals surface area contributed by atoms with Crippen LogP contribution in [0.4, 0.5) is 0 Å². The second-order valence-electron chi connectivity index (χ2n) is 6.73. The Kier molecular flexibility index (Phi) is 3.55. The first kappa shape index (κ1) is 13.6. The van der Waals surface area contributed by atoms with Crippen LogP contribution in [0.3, 0.4) is 0 Å². The molecule has 108 valence electrons. The topological polar surface area (TPSA) is 26.3 Å². The molecule has 2 heterocycles. The van der Waals surface area contributed by atoms with Gasteiger partial charge >= 0.3 is 5.97 Å². The fraction of sp³-hybridized carbons (Fsp3) is 0.588. The Morgan fingerprint density at radius 2 is 1.70 bits per heavy atom. The molecule has 2 aliphatic rings. The smallest absolute Gasteiger partial charge is 0.338 e. The van der Waals surface area contributed by atoms with Gasteiger partial charge in [0, 0.05) is 12.8 Å². The minimum atomic E-state index is -0.166. The summed E-state index contributed by atoms with van der Waals surface area (Å²) < 4.78 is 6.87. The maximum Gasteiger partial charge on any atom is 0.338 e. The first-order valence-electron chi connectivity index (χ1n) is 7.66. The van der Waals surface area contributed by atoms with Gasteiger partial charge in [0.05, 0.1) is 31.7 Å². The van der Waals surface area contributed by atoms with Gasteiger partial charge in [0.1, 0.15) is 6.10 Å². The van der Waals surface area contributed by atoms with E-state index >= 15 is 0 Å². The summed E-state index contributed by atoms with van der Waals surface area (Å²) >= 11 is 0. The predicted octanol–water partition coefficient (Wildman–Crippen LogP) is 3.00. The quantitative estimate of drug-likeness (QED) is 0.612. The minimum absolute atomic E-state index is 0.101. The van der Waals surface area contributed by atoms with E-state index < -0.39 is 0 Å². The molecule has 1 aromatic carbocycles. The molecular formula is C17H24NO2+. The third-order valence-corrected chi connectivity index (χ3v) is 5.31. The molecular weight excluding hydrogens is 250 g/mol. The molecule has 2 bridgehead atoms. The van der Waals surface area contributed by atoms with Gasteiger partial charge in [-0.05, 0) is 31.4 Å². The molecule has 3 nitrogen and oxygen atoms in total. The largest absolute Gasteiger partial charge is 0.458 e. The average molecular weight is 274 g/mol. The molecule has 20 heavy (non-hydrogen) atoms. The van der Waals surface area contributed by atoms with E-state index in [0.29, 0.717) is 17.6 Å². The van der Waals surface area contributed by atoms with Crippen molar-refractivity contribution in [2.45, 2.75) is 50.3 Å². The summed E-state index contributed by atoms with van der Waals surface area (Å²) in [5.41, 5.74) is 0.664. The van der Waals surface area contributed by atoms with Gasteiger partial charge in [0.15, 0.2) is 0 Å². The van der Waals surface area contributed by atoms with Gasteiger partial charge in [-0.3, -0.25) is 0 Å². The minimum Gasteiger partial charge on any atom is -0.458 e. The van der Waals surface area contributed by atoms with E-state index in [2.05, 4.69) is 14.1 Å². The lowest BCUT2D eigenvalue weighted by molar-refractivity contribution is -0.950. The molecule has 3 rings (SSSR count). The van der Waals surface area contributed by atoms with Crippen LogP contribution in [0.25, 0.3) is 0 Å². The van der Waals surface area contributed by atoms with E-state index in [1.54, 1.807) is 0 Å². The van der Waals surface area contributed by atoms with Crippen molar-refractivity contribution in [2.75, 3.05) is 14.1 Å². The normalized spacial score (nSPS) is 31.6. The zero-order chi connectivity index (χ0) is 14.2. The third kappa shape index (κ3) is 2.47. The van der Waals surface area contributed by atoms with Gasteiger partial charge in [0.2, 0.25) is 0 Å². The van der Waals surface area contributed by atoms with Gasteiger partial charge in [0.25, 0.3) is 0 Å². The van der Waals surface area contributed by atoms with E-state index in [1.165, 1.54) is 19.3 Å². The lowest BCUT2D eigenvalue weighted by atomic mass is 9.81. The molecule has 3 heteroatoms. The first-order valence-corrected chi connectivity index (χ1v) is 7.66. The van der Waals surface area contributed by atoms with Gasteiger partial charge < -0.3 is 9.22 Å². The van der Waals surface area contributed by atoms with Crippen LogP contribution in [-0.2, 0) is 4.74 Å². The summed E-state index contributed by atoms with van der Waals surface area (Å²) in [6, 6.07) is 10.6. The standard InChI is InChI=1S/C17H24NO2/c1-18(2)14-9-6-10-15(18)12-16(11-14)20-17(19)13-7-4-3-5-8-13/h3-5,7-8,14-16H,6,9-12H2,1-2H3/q+1. The van der Waals surface area contributed by atoms with E-state index in [-0.39, 0.29) is 12.1 Å². The summed E-state index contributed by atoms with van der Waals surface area (Å²) in [6.07, 6.45) is 6.00. The van der Waals surface area contributed by atoms with E-state index in [9.17, 15) is 4.79 Å². The van der Waals surface area contributed by atoms with E-state index in [4.69, 9.17) is 4.74 Å². The second kappa shape index (κ2) is 5.21. The number of esters is 1. The average Bonchev–Trinajstić information content (AvgIpc) is 2.40. The lowest BCUT2D eigenvalue weighted by Crippen LogP contribution is -2.63. The molecule has 2 fully saturated rings. The fourth-order valence-electron chi connectivity index (χ4n) is 3.92. The summed E-state index contributed by atoms with van der Waals surface area (Å²) in [5, 5.41) is 0. The molecule has 1 aromatic rings. The van der Waals surface area contributed by atoms with Crippen LogP contribution in [0, 0.1) is 0 Å². The molecule has 0 aromatic heterocycles. The number of benzene rings is 1. The fourth-order valence-corrected chi connectivity index (χ4v) is 3.92. The van der Waals surface area contributed by atoms with Crippen molar-refractivity contribution in [3.05, 3.63) is 35.9 Å². The number of rotatable bonds is 2. The number of nitrogens with zero attached hydrogens (tertiary/aromatic N) is 1. The van der Waals surface area contributed by atoms with Crippen molar-refractivity contribution in [2.24, 2.45) is 0 Å². The number of carbonyl (C=O) groups is 1. The lowest BCUT2D eigenvalue weighted by Gasteiger charge is -2.52. The Hall–Kier alpha value is -1.35. The van der Waals surface area contributed by atoms with Crippen LogP contribution in [0.5, 0.6) is 0 Å². The summed E-state index contributed by atoms with van der Waals surface area (Å²) in [4.78, 5) is 12.2. The van der Waals surface area contributed by atoms with Crippen molar-refractivity contribution in [3.63, 3.8) is 0 Å². The molecule has 0 N–H and O–H groups in total. The molecule has 0 saturated carbocycles. The van der Waals surface area contributed by atoms with Crippen molar-refractivity contribution in [3.8, 4) is 0 Å². The molecule has 2 aliphatic heterocycles. The number of hydrogen-bond acceptors (Lipinski definition) is 2. The molecule has 2 saturated heterocycles. The number of fused-ring (bicyclic) bond motifs is 2. The number of quaternary nitrogens is 1. The predicted molar refractivity (Wildman–Crippen MR) is 78.4 cm³/mol. The number of ether oxygens (including phenoxy) is 1. The Labute approximate surface area is 121 Å². The zero-order valence-corrected chi connectivity index (χ0v) is 12.4. The van der Waals surface area contributed by atoms with Crippen LogP contribution in [0.15, 0.2) is 30.3 Å². The highest BCUT2D eigenvalue weighted by atomic mass is 16.5. The Morgan fingerprint density at radius 1 is 1.10 bits per heavy atom. The summed E-state index contributed by atoms with van der Waals surface area (Å²) in [5.74, 6) is -0.166. The number of piperidine rings is 2. The second-order valence-corrected chi connectivity index (χ2v) is 6.73. The highest BCUT2D eigenvalue weighted by Gasteiger charge is 2.47. The summed E-state index contributed by atoms with van der Waals surface area (Å²) in [6.45, 7) is 0. The molecule has 0 aliphatic carbocycles. The van der Waals surface area contributed by atoms with Gasteiger partial charge in [-0.25, -0.2) is 4.79 Å². The molecule has 0 radical (unpaired) electrons. The highest BCUT2D eigenvalue weighted by Crippen LogP contribution is 2.38. The molecule has 0 amide bonds. The van der Waals surface area contributed by atoms with Crippen molar-refractivity contribution >= 4 is 5.97 Å². The van der Waals surface area contributed by atoms with Crippen LogP contribution in [0.2, 0.25) is 0 Å². The van der Waals surface area contributed by atoms with Crippen molar-refractivity contribution in [1.82, 2.24) is 0 Å². The Morgan fingerprint density at radius 3 is 2.30 bits per heavy atom. The van der Waals surface area contributed by atoms with E-state index in [1.807, 2.05) is 30.3 Å². The molecule has 2 atom stereocenters. The highest BCUT2D eigenvalue weighted by molar-refractivity contribution is 5.89. The SMILES string of the molecule is C[N+]1(C)C2CCCC1CC(OC(=O)c1ccccc1)C2. The van der Waals surface area contributed by atoms with E-state index in [0.717, 1.165) is 17.3 Å². The van der Waals surface area contributed by atoms with Crippen molar-refractivity contribution in [1.29, 1.82) is 0 Å². The third-order valence-electron chi connectivity index (χ3n) is 5.31. The summed E-state index contributed by atoms with van der Waals surface area (Å²) in [7, 11) is 4.67. The van der Waals surface area contributed by atoms with Crippen LogP contribution in [-0.4, -0.2) is 42.7 Å². The van der Waals surface area contributed by atoms with Gasteiger partial charge in [-0.1, -0.05) is 18.2 Å². The molecule has 2 unspecified atom stereocenters. The maximum absolute atomic E-state index is 12.2. The maximum atomic E-state index is 12.2. The van der Waals surface area contributed by atoms with Crippen LogP contribution < -0.4 is 0 Å². The molecule has 0 spiro atoms. The monoisotopic (exact) mass is 274 g/mol. The number of hydrogen-bond donors (Lipinski definition) is 0. The van der Waals surface area contributed by atoms with Crippen LogP contribution in [0.1, 0.15) is 42.5 Å². The first-order chi connectivity index (χ1) is 9.57. The zero-order valence-electron chi connectivity index (χ0n) is 12.4. The van der Waals surface area contributed by atoms with Gasteiger partial charge in [-0.15, -0.1) is 0 Å². The Balaban J connectivity index is 1.67. The van der Waals surface area contributed by atoms with Crippen LogP contribution >= 0.6 is 0 Å².